The fourth-order valence-corrected chi connectivity index (χ4v) is 3.29. The largest absolute Gasteiger partial charge is 0.507 e. The van der Waals surface area contributed by atoms with Gasteiger partial charge in [-0.05, 0) is 40.5 Å². The number of phenols is 2. The summed E-state index contributed by atoms with van der Waals surface area (Å²) in [5.74, 6) is -0.336. The molecule has 2 aromatic heterocycles. The molecule has 31 heavy (non-hydrogen) atoms. The van der Waals surface area contributed by atoms with Crippen molar-refractivity contribution in [1.82, 2.24) is 9.97 Å². The maximum Gasteiger partial charge on any atom is 0.239 e. The van der Waals surface area contributed by atoms with Crippen molar-refractivity contribution in [2.75, 3.05) is 7.11 Å². The molecule has 0 bridgehead atoms. The molecule has 0 fully saturated rings. The fourth-order valence-electron chi connectivity index (χ4n) is 3.29. The second kappa shape index (κ2) is 9.04. The summed E-state index contributed by atoms with van der Waals surface area (Å²) in [6, 6.07) is 0. The molecule has 0 aliphatic heterocycles. The van der Waals surface area contributed by atoms with Crippen LogP contribution in [0.5, 0.6) is 17.2 Å². The van der Waals surface area contributed by atoms with Crippen LogP contribution in [0.15, 0.2) is 51.2 Å². The lowest BCUT2D eigenvalue weighted by atomic mass is 9.96. The molecule has 0 spiro atoms. The van der Waals surface area contributed by atoms with E-state index in [0.717, 1.165) is 11.1 Å². The van der Waals surface area contributed by atoms with E-state index in [-0.39, 0.29) is 46.0 Å². The standard InChI is InChI=1S/C24H26N2O5/c1-13(2)6-8-16-19(27)17(9-7-14(3)4)23-18(20(16)28)21(29)24(30-5)22(31-23)15-10-25-12-26-11-15/h6-7,10-12,27-28H,8-9H2,1-5H3. The van der Waals surface area contributed by atoms with E-state index in [1.54, 1.807) is 0 Å². The average Bonchev–Trinajstić information content (AvgIpc) is 2.73. The van der Waals surface area contributed by atoms with Gasteiger partial charge in [0.15, 0.2) is 5.76 Å². The number of hydrogen-bond acceptors (Lipinski definition) is 7. The summed E-state index contributed by atoms with van der Waals surface area (Å²) in [5.41, 5.74) is 2.78. The van der Waals surface area contributed by atoms with Crippen LogP contribution < -0.4 is 10.2 Å². The number of ether oxygens (including phenoxy) is 1. The lowest BCUT2D eigenvalue weighted by Crippen LogP contribution is -2.10. The van der Waals surface area contributed by atoms with E-state index in [4.69, 9.17) is 9.15 Å². The molecular weight excluding hydrogens is 396 g/mol. The Morgan fingerprint density at radius 3 is 2.13 bits per heavy atom. The quantitative estimate of drug-likeness (QED) is 0.555. The molecule has 0 radical (unpaired) electrons. The Morgan fingerprint density at radius 1 is 1.00 bits per heavy atom. The molecule has 1 aromatic carbocycles. The Kier molecular flexibility index (Phi) is 6.44. The Balaban J connectivity index is 2.46. The van der Waals surface area contributed by atoms with Gasteiger partial charge in [0.05, 0.1) is 12.7 Å². The van der Waals surface area contributed by atoms with Gasteiger partial charge in [-0.15, -0.1) is 0 Å². The van der Waals surface area contributed by atoms with Crippen LogP contribution in [0.2, 0.25) is 0 Å². The highest BCUT2D eigenvalue weighted by molar-refractivity contribution is 5.93. The highest BCUT2D eigenvalue weighted by Crippen LogP contribution is 2.42. The van der Waals surface area contributed by atoms with Gasteiger partial charge in [0.1, 0.15) is 28.8 Å². The van der Waals surface area contributed by atoms with Crippen molar-refractivity contribution < 1.29 is 19.4 Å². The van der Waals surface area contributed by atoms with Gasteiger partial charge in [0.25, 0.3) is 0 Å². The number of rotatable bonds is 6. The number of benzene rings is 1. The average molecular weight is 422 g/mol. The van der Waals surface area contributed by atoms with E-state index in [9.17, 15) is 15.0 Å². The van der Waals surface area contributed by atoms with Crippen LogP contribution in [-0.2, 0) is 12.8 Å². The van der Waals surface area contributed by atoms with E-state index >= 15 is 0 Å². The number of fused-ring (bicyclic) bond motifs is 1. The summed E-state index contributed by atoms with van der Waals surface area (Å²) in [6.07, 6.45) is 8.76. The van der Waals surface area contributed by atoms with Gasteiger partial charge in [-0.1, -0.05) is 23.3 Å². The molecule has 2 N–H and O–H groups in total. The molecular formula is C24H26N2O5. The number of aromatic hydroxyl groups is 2. The lowest BCUT2D eigenvalue weighted by Gasteiger charge is -2.16. The van der Waals surface area contributed by atoms with Crippen molar-refractivity contribution in [3.63, 3.8) is 0 Å². The third-order valence-corrected chi connectivity index (χ3v) is 4.89. The highest BCUT2D eigenvalue weighted by Gasteiger charge is 2.26. The van der Waals surface area contributed by atoms with Crippen molar-refractivity contribution >= 4 is 11.0 Å². The van der Waals surface area contributed by atoms with Crippen LogP contribution in [0.3, 0.4) is 0 Å². The third-order valence-electron chi connectivity index (χ3n) is 4.89. The summed E-state index contributed by atoms with van der Waals surface area (Å²) in [4.78, 5) is 21.3. The van der Waals surface area contributed by atoms with Crippen molar-refractivity contribution in [1.29, 1.82) is 0 Å². The zero-order chi connectivity index (χ0) is 22.7. The fraction of sp³-hybridized carbons (Fsp3) is 0.292. The molecule has 0 unspecified atom stereocenters. The molecule has 0 saturated heterocycles. The Labute approximate surface area is 180 Å². The molecule has 0 amide bonds. The van der Waals surface area contributed by atoms with Crippen LogP contribution in [0.25, 0.3) is 22.3 Å². The van der Waals surface area contributed by atoms with Crippen LogP contribution in [0.1, 0.15) is 38.8 Å². The van der Waals surface area contributed by atoms with Gasteiger partial charge in [0.2, 0.25) is 11.2 Å². The molecule has 3 rings (SSSR count). The number of allylic oxidation sites excluding steroid dienone is 4. The molecule has 7 heteroatoms. The van der Waals surface area contributed by atoms with E-state index in [2.05, 4.69) is 9.97 Å². The number of nitrogens with zero attached hydrogens (tertiary/aromatic N) is 2. The molecule has 0 aliphatic rings. The van der Waals surface area contributed by atoms with Gasteiger partial charge in [-0.3, -0.25) is 4.79 Å². The van der Waals surface area contributed by atoms with Gasteiger partial charge in [-0.2, -0.15) is 0 Å². The predicted molar refractivity (Wildman–Crippen MR) is 120 cm³/mol. The van der Waals surface area contributed by atoms with Gasteiger partial charge in [0, 0.05) is 23.5 Å². The van der Waals surface area contributed by atoms with Crippen molar-refractivity contribution in [3.8, 4) is 28.6 Å². The van der Waals surface area contributed by atoms with Crippen LogP contribution in [-0.4, -0.2) is 27.3 Å². The van der Waals surface area contributed by atoms with Crippen LogP contribution in [0, 0.1) is 0 Å². The number of phenolic OH excluding ortho intramolecular Hbond substituents is 2. The smallest absolute Gasteiger partial charge is 0.239 e. The SMILES string of the molecule is COc1c(-c2cncnc2)oc2c(CC=C(C)C)c(O)c(CC=C(C)C)c(O)c2c1=O. The Hall–Kier alpha value is -3.61. The minimum atomic E-state index is -0.531. The second-order valence-electron chi connectivity index (χ2n) is 7.75. The topological polar surface area (TPSA) is 106 Å². The van der Waals surface area contributed by atoms with E-state index in [0.29, 0.717) is 17.5 Å². The first-order chi connectivity index (χ1) is 14.8. The van der Waals surface area contributed by atoms with E-state index in [1.165, 1.54) is 25.8 Å². The van der Waals surface area contributed by atoms with Crippen LogP contribution in [0.4, 0.5) is 0 Å². The summed E-state index contributed by atoms with van der Waals surface area (Å²) >= 11 is 0. The number of methoxy groups -OCH3 is 1. The van der Waals surface area contributed by atoms with Gasteiger partial charge >= 0.3 is 0 Å². The maximum absolute atomic E-state index is 13.4. The van der Waals surface area contributed by atoms with E-state index in [1.807, 2.05) is 39.8 Å². The van der Waals surface area contributed by atoms with Crippen LogP contribution >= 0.6 is 0 Å². The maximum atomic E-state index is 13.4. The zero-order valence-corrected chi connectivity index (χ0v) is 18.3. The first kappa shape index (κ1) is 22.1. The van der Waals surface area contributed by atoms with Crippen molar-refractivity contribution in [2.24, 2.45) is 0 Å². The minimum absolute atomic E-state index is 0.0236. The van der Waals surface area contributed by atoms with Gasteiger partial charge < -0.3 is 19.4 Å². The first-order valence-electron chi connectivity index (χ1n) is 9.88. The van der Waals surface area contributed by atoms with Crippen molar-refractivity contribution in [2.45, 2.75) is 40.5 Å². The normalized spacial score (nSPS) is 10.7. The molecule has 3 aromatic rings. The molecule has 162 valence electrons. The summed E-state index contributed by atoms with van der Waals surface area (Å²) in [5, 5.41) is 22.0. The zero-order valence-electron chi connectivity index (χ0n) is 18.3. The van der Waals surface area contributed by atoms with Crippen molar-refractivity contribution in [3.05, 3.63) is 63.4 Å². The molecule has 7 nitrogen and oxygen atoms in total. The Bertz CT molecular complexity index is 1230. The number of aromatic nitrogens is 2. The predicted octanol–water partition coefficient (Wildman–Crippen LogP) is 4.69. The monoisotopic (exact) mass is 422 g/mol. The molecule has 2 heterocycles. The number of hydrogen-bond donors (Lipinski definition) is 2. The Morgan fingerprint density at radius 2 is 1.58 bits per heavy atom. The first-order valence-corrected chi connectivity index (χ1v) is 9.88. The summed E-state index contributed by atoms with van der Waals surface area (Å²) in [7, 11) is 1.36. The molecule has 0 atom stereocenters. The molecule has 0 aliphatic carbocycles. The third kappa shape index (κ3) is 4.30. The summed E-state index contributed by atoms with van der Waals surface area (Å²) in [6.45, 7) is 7.72. The van der Waals surface area contributed by atoms with Gasteiger partial charge in [-0.25, -0.2) is 9.97 Å². The highest BCUT2D eigenvalue weighted by atomic mass is 16.5. The minimum Gasteiger partial charge on any atom is -0.507 e. The molecule has 0 saturated carbocycles. The second-order valence-corrected chi connectivity index (χ2v) is 7.75. The van der Waals surface area contributed by atoms with E-state index < -0.39 is 5.43 Å². The summed E-state index contributed by atoms with van der Waals surface area (Å²) < 4.78 is 11.4. The lowest BCUT2D eigenvalue weighted by molar-refractivity contribution is 0.396.